The number of hydrogen-bond donors (Lipinski definition) is 5. The van der Waals surface area contributed by atoms with Crippen molar-refractivity contribution >= 4 is 33.7 Å². The molecular formula is C30H28N4O6S. The zero-order chi connectivity index (χ0) is 29.4. The van der Waals surface area contributed by atoms with Crippen LogP contribution in [0.3, 0.4) is 0 Å². The number of amides is 4. The molecule has 0 aromatic heterocycles. The average molecular weight is 573 g/mol. The van der Waals surface area contributed by atoms with Crippen LogP contribution in [-0.2, 0) is 10.0 Å². The van der Waals surface area contributed by atoms with Crippen LogP contribution in [0.5, 0.6) is 0 Å². The molecule has 5 N–H and O–H groups in total. The second kappa shape index (κ2) is 12.8. The van der Waals surface area contributed by atoms with Crippen LogP contribution in [0.4, 0.5) is 15.3 Å². The van der Waals surface area contributed by atoms with Gasteiger partial charge in [-0.25, -0.2) is 27.5 Å². The number of hydrogen-bond acceptors (Lipinski definition) is 5. The number of rotatable bonds is 9. The topological polar surface area (TPSA) is 154 Å². The van der Waals surface area contributed by atoms with E-state index in [9.17, 15) is 27.9 Å². The first kappa shape index (κ1) is 28.8. The van der Waals surface area contributed by atoms with E-state index in [4.69, 9.17) is 0 Å². The summed E-state index contributed by atoms with van der Waals surface area (Å²) in [6.45, 7) is 1.82. The molecule has 2 unspecified atom stereocenters. The Hall–Kier alpha value is -5.16. The Morgan fingerprint density at radius 2 is 1.22 bits per heavy atom. The van der Waals surface area contributed by atoms with E-state index in [0.717, 1.165) is 5.56 Å². The molecule has 0 saturated heterocycles. The van der Waals surface area contributed by atoms with Crippen molar-refractivity contribution in [3.63, 3.8) is 0 Å². The molecule has 4 rings (SSSR count). The highest BCUT2D eigenvalue weighted by Gasteiger charge is 2.29. The number of carbonyl (C=O) groups is 3. The third kappa shape index (κ3) is 7.70. The minimum Gasteiger partial charge on any atom is -0.478 e. The monoisotopic (exact) mass is 572 g/mol. The number of urea groups is 2. The maximum absolute atomic E-state index is 13.1. The molecular weight excluding hydrogens is 544 g/mol. The second-order valence-corrected chi connectivity index (χ2v) is 10.8. The van der Waals surface area contributed by atoms with E-state index in [1.807, 2.05) is 11.6 Å². The Balaban J connectivity index is 1.63. The lowest BCUT2D eigenvalue weighted by molar-refractivity contribution is 0.0696. The van der Waals surface area contributed by atoms with Crippen LogP contribution in [0.2, 0.25) is 0 Å². The van der Waals surface area contributed by atoms with Crippen LogP contribution in [-0.4, -0.2) is 31.6 Å². The van der Waals surface area contributed by atoms with Crippen molar-refractivity contribution in [1.82, 2.24) is 15.4 Å². The molecule has 0 bridgehead atoms. The fourth-order valence-corrected chi connectivity index (χ4v) is 5.06. The summed E-state index contributed by atoms with van der Waals surface area (Å²) >= 11 is 0. The van der Waals surface area contributed by atoms with Gasteiger partial charge >= 0.3 is 18.0 Å². The van der Waals surface area contributed by atoms with Gasteiger partial charge in [0.2, 0.25) is 0 Å². The Labute approximate surface area is 237 Å². The summed E-state index contributed by atoms with van der Waals surface area (Å²) in [5.41, 5.74) is 2.33. The van der Waals surface area contributed by atoms with E-state index in [1.165, 1.54) is 30.3 Å². The van der Waals surface area contributed by atoms with Gasteiger partial charge in [0.15, 0.2) is 0 Å². The Kier molecular flexibility index (Phi) is 9.00. The minimum absolute atomic E-state index is 0.00213. The van der Waals surface area contributed by atoms with Gasteiger partial charge in [0.25, 0.3) is 10.0 Å². The van der Waals surface area contributed by atoms with E-state index in [1.54, 1.807) is 78.9 Å². The molecule has 0 saturated carbocycles. The summed E-state index contributed by atoms with van der Waals surface area (Å²) in [5.74, 6) is -1.14. The normalized spacial score (nSPS) is 12.4. The van der Waals surface area contributed by atoms with E-state index in [-0.39, 0.29) is 16.1 Å². The predicted octanol–water partition coefficient (Wildman–Crippen LogP) is 4.99. The molecule has 210 valence electrons. The van der Waals surface area contributed by atoms with Crippen LogP contribution in [0.25, 0.3) is 0 Å². The van der Waals surface area contributed by atoms with Crippen molar-refractivity contribution in [3.8, 4) is 0 Å². The summed E-state index contributed by atoms with van der Waals surface area (Å²) in [4.78, 5) is 37.5. The number of anilines is 1. The molecule has 4 amide bonds. The maximum atomic E-state index is 13.1. The van der Waals surface area contributed by atoms with Crippen molar-refractivity contribution in [1.29, 1.82) is 0 Å². The SMILES string of the molecule is Cc1ccc(S(=O)(=O)NC(=O)NC(c2ccccc2)C(NC(=O)Nc2cccc(C(=O)O)c2)c2ccccc2)cc1. The first-order chi connectivity index (χ1) is 19.6. The lowest BCUT2D eigenvalue weighted by Gasteiger charge is -2.30. The van der Waals surface area contributed by atoms with E-state index >= 15 is 0 Å². The van der Waals surface area contributed by atoms with Gasteiger partial charge in [-0.1, -0.05) is 84.4 Å². The molecule has 41 heavy (non-hydrogen) atoms. The van der Waals surface area contributed by atoms with Gasteiger partial charge in [-0.15, -0.1) is 0 Å². The largest absolute Gasteiger partial charge is 0.478 e. The maximum Gasteiger partial charge on any atom is 0.335 e. The highest BCUT2D eigenvalue weighted by molar-refractivity contribution is 7.90. The van der Waals surface area contributed by atoms with Gasteiger partial charge in [0.1, 0.15) is 0 Å². The lowest BCUT2D eigenvalue weighted by atomic mass is 9.93. The number of carbonyl (C=O) groups excluding carboxylic acids is 2. The van der Waals surface area contributed by atoms with E-state index in [2.05, 4.69) is 16.0 Å². The predicted molar refractivity (Wildman–Crippen MR) is 154 cm³/mol. The quantitative estimate of drug-likeness (QED) is 0.191. The number of aromatic carboxylic acids is 1. The van der Waals surface area contributed by atoms with Crippen LogP contribution in [0, 0.1) is 6.92 Å². The van der Waals surface area contributed by atoms with Crippen molar-refractivity contribution in [3.05, 3.63) is 131 Å². The smallest absolute Gasteiger partial charge is 0.335 e. The molecule has 11 heteroatoms. The molecule has 0 spiro atoms. The average Bonchev–Trinajstić information content (AvgIpc) is 2.96. The second-order valence-electron chi connectivity index (χ2n) is 9.15. The molecule has 10 nitrogen and oxygen atoms in total. The number of carboxylic acid groups (broad SMARTS) is 1. The van der Waals surface area contributed by atoms with E-state index < -0.39 is 40.1 Å². The molecule has 4 aromatic rings. The Morgan fingerprint density at radius 1 is 0.683 bits per heavy atom. The van der Waals surface area contributed by atoms with Crippen LogP contribution < -0.4 is 20.7 Å². The summed E-state index contributed by atoms with van der Waals surface area (Å²) in [6, 6.07) is 26.0. The number of benzene rings is 4. The third-order valence-corrected chi connectivity index (χ3v) is 7.50. The zero-order valence-electron chi connectivity index (χ0n) is 21.9. The Bertz CT molecular complexity index is 1630. The standard InChI is InChI=1S/C30H28N4O6S/c1-20-15-17-25(18-16-20)41(39,40)34-30(38)33-27(22-11-6-3-7-12-22)26(21-9-4-2-5-10-21)32-29(37)31-24-14-8-13-23(19-24)28(35)36/h2-19,26-27H,1H3,(H,35,36)(H2,31,32,37)(H2,33,34,38). The Morgan fingerprint density at radius 3 is 1.76 bits per heavy atom. The van der Waals surface area contributed by atoms with Gasteiger partial charge < -0.3 is 21.1 Å². The number of carboxylic acids is 1. The number of aryl methyl sites for hydroxylation is 1. The molecule has 2 atom stereocenters. The molecule has 0 aliphatic heterocycles. The zero-order valence-corrected chi connectivity index (χ0v) is 22.8. The number of sulfonamides is 1. The van der Waals surface area contributed by atoms with Crippen LogP contribution in [0.1, 0.15) is 39.1 Å². The highest BCUT2D eigenvalue weighted by Crippen LogP contribution is 2.29. The van der Waals surface area contributed by atoms with Crippen molar-refractivity contribution in [2.24, 2.45) is 0 Å². The number of nitrogens with one attached hydrogen (secondary N) is 4. The summed E-state index contributed by atoms with van der Waals surface area (Å²) in [7, 11) is -4.18. The molecule has 0 aliphatic rings. The molecule has 0 heterocycles. The minimum atomic E-state index is -4.18. The first-order valence-electron chi connectivity index (χ1n) is 12.5. The summed E-state index contributed by atoms with van der Waals surface area (Å²) in [6.07, 6.45) is 0. The van der Waals surface area contributed by atoms with Crippen molar-refractivity contribution in [2.75, 3.05) is 5.32 Å². The lowest BCUT2D eigenvalue weighted by Crippen LogP contribution is -2.46. The fourth-order valence-electron chi connectivity index (χ4n) is 4.15. The van der Waals surface area contributed by atoms with Gasteiger partial charge in [-0.2, -0.15) is 0 Å². The molecule has 0 radical (unpaired) electrons. The van der Waals surface area contributed by atoms with Gasteiger partial charge in [-0.3, -0.25) is 0 Å². The summed E-state index contributed by atoms with van der Waals surface area (Å²) < 4.78 is 27.8. The molecule has 0 aliphatic carbocycles. The third-order valence-electron chi connectivity index (χ3n) is 6.15. The van der Waals surface area contributed by atoms with Gasteiger partial charge in [0, 0.05) is 5.69 Å². The van der Waals surface area contributed by atoms with Crippen LogP contribution in [0.15, 0.2) is 114 Å². The molecule has 4 aromatic carbocycles. The van der Waals surface area contributed by atoms with Crippen molar-refractivity contribution < 1.29 is 27.9 Å². The van der Waals surface area contributed by atoms with Crippen LogP contribution >= 0.6 is 0 Å². The molecule has 0 fully saturated rings. The fraction of sp³-hybridized carbons (Fsp3) is 0.100. The summed E-state index contributed by atoms with van der Waals surface area (Å²) in [5, 5.41) is 17.5. The van der Waals surface area contributed by atoms with E-state index in [0.29, 0.717) is 11.1 Å². The van der Waals surface area contributed by atoms with Gasteiger partial charge in [-0.05, 0) is 48.4 Å². The van der Waals surface area contributed by atoms with Gasteiger partial charge in [0.05, 0.1) is 22.5 Å². The highest BCUT2D eigenvalue weighted by atomic mass is 32.2. The van der Waals surface area contributed by atoms with Crippen molar-refractivity contribution in [2.45, 2.75) is 23.9 Å². The first-order valence-corrected chi connectivity index (χ1v) is 14.0.